The molecule has 0 fully saturated rings. The molecule has 126 valence electrons. The average molecular weight is 405 g/mol. The van der Waals surface area contributed by atoms with Gasteiger partial charge in [-0.25, -0.2) is 0 Å². The molecule has 0 radical (unpaired) electrons. The molecule has 0 aromatic heterocycles. The van der Waals surface area contributed by atoms with Crippen molar-refractivity contribution in [3.63, 3.8) is 0 Å². The molecule has 2 N–H and O–H groups in total. The van der Waals surface area contributed by atoms with Crippen LogP contribution in [0, 0.1) is 0 Å². The van der Waals surface area contributed by atoms with E-state index in [2.05, 4.69) is 10.6 Å². The molecule has 0 amide bonds. The smallest absolute Gasteiger partial charge is 0.175 e. The van der Waals surface area contributed by atoms with Crippen LogP contribution in [0.15, 0.2) is 82.6 Å². The van der Waals surface area contributed by atoms with Gasteiger partial charge < -0.3 is 10.6 Å². The third-order valence-corrected chi connectivity index (χ3v) is 5.07. The van der Waals surface area contributed by atoms with Crippen molar-refractivity contribution < 1.29 is 0 Å². The number of nitrogens with one attached hydrogen (secondary N) is 2. The largest absolute Gasteiger partial charge is 0.332 e. The summed E-state index contributed by atoms with van der Waals surface area (Å²) in [5.41, 5.74) is 1.82. The molecule has 3 rings (SSSR count). The van der Waals surface area contributed by atoms with Crippen molar-refractivity contribution >= 4 is 63.7 Å². The molecule has 0 saturated heterocycles. The first kappa shape index (κ1) is 18.1. The Morgan fingerprint density at radius 1 is 0.760 bits per heavy atom. The Morgan fingerprint density at radius 2 is 1.36 bits per heavy atom. The van der Waals surface area contributed by atoms with Gasteiger partial charge in [0.05, 0.1) is 5.69 Å². The van der Waals surface area contributed by atoms with Crippen molar-refractivity contribution in [3.8, 4) is 0 Å². The van der Waals surface area contributed by atoms with Crippen LogP contribution in [-0.2, 0) is 0 Å². The van der Waals surface area contributed by atoms with Gasteiger partial charge in [-0.2, -0.15) is 0 Å². The maximum Gasteiger partial charge on any atom is 0.175 e. The van der Waals surface area contributed by atoms with E-state index in [0.717, 1.165) is 26.2 Å². The summed E-state index contributed by atoms with van der Waals surface area (Å²) in [7, 11) is 0. The quantitative estimate of drug-likeness (QED) is 0.459. The molecule has 3 aromatic carbocycles. The van der Waals surface area contributed by atoms with Crippen LogP contribution in [0.2, 0.25) is 10.0 Å². The van der Waals surface area contributed by atoms with E-state index in [1.54, 1.807) is 11.8 Å². The van der Waals surface area contributed by atoms with E-state index in [-0.39, 0.29) is 0 Å². The van der Waals surface area contributed by atoms with Gasteiger partial charge in [0, 0.05) is 25.5 Å². The van der Waals surface area contributed by atoms with E-state index >= 15 is 0 Å². The molecule has 0 saturated carbocycles. The fourth-order valence-corrected chi connectivity index (χ4v) is 3.49. The molecule has 0 aliphatic heterocycles. The van der Waals surface area contributed by atoms with Gasteiger partial charge in [-0.05, 0) is 72.9 Å². The molecule has 25 heavy (non-hydrogen) atoms. The van der Waals surface area contributed by atoms with Crippen LogP contribution in [-0.4, -0.2) is 5.11 Å². The maximum atomic E-state index is 5.95. The second-order valence-electron chi connectivity index (χ2n) is 5.14. The second kappa shape index (κ2) is 8.59. The number of hydrogen-bond donors (Lipinski definition) is 2. The first-order valence-corrected chi connectivity index (χ1v) is 9.44. The highest BCUT2D eigenvalue weighted by molar-refractivity contribution is 7.99. The zero-order chi connectivity index (χ0) is 17.6. The summed E-state index contributed by atoms with van der Waals surface area (Å²) >= 11 is 18.9. The summed E-state index contributed by atoms with van der Waals surface area (Å²) in [6.07, 6.45) is 0. The number of benzene rings is 3. The van der Waals surface area contributed by atoms with Crippen molar-refractivity contribution in [2.45, 2.75) is 9.79 Å². The van der Waals surface area contributed by atoms with Gasteiger partial charge in [0.15, 0.2) is 5.11 Å². The van der Waals surface area contributed by atoms with E-state index in [1.165, 1.54) is 0 Å². The van der Waals surface area contributed by atoms with Crippen molar-refractivity contribution in [2.75, 3.05) is 10.6 Å². The molecule has 0 spiro atoms. The number of hydrogen-bond acceptors (Lipinski definition) is 2. The first-order valence-electron chi connectivity index (χ1n) is 7.46. The SMILES string of the molecule is S=C(Nc1ccc(Cl)cc1)Nc1ccccc1Sc1ccc(Cl)cc1. The first-order chi connectivity index (χ1) is 12.1. The van der Waals surface area contributed by atoms with Crippen LogP contribution in [0.25, 0.3) is 0 Å². The van der Waals surface area contributed by atoms with Gasteiger partial charge in [-0.1, -0.05) is 47.1 Å². The minimum atomic E-state index is 0.520. The number of para-hydroxylation sites is 1. The molecule has 0 unspecified atom stereocenters. The van der Waals surface area contributed by atoms with Crippen LogP contribution in [0.4, 0.5) is 11.4 Å². The lowest BCUT2D eigenvalue weighted by molar-refractivity contribution is 1.40. The van der Waals surface area contributed by atoms with Gasteiger partial charge in [0.2, 0.25) is 0 Å². The van der Waals surface area contributed by atoms with E-state index in [9.17, 15) is 0 Å². The second-order valence-corrected chi connectivity index (χ2v) is 7.53. The normalized spacial score (nSPS) is 10.3. The zero-order valence-electron chi connectivity index (χ0n) is 13.0. The van der Waals surface area contributed by atoms with Crippen molar-refractivity contribution in [1.82, 2.24) is 0 Å². The summed E-state index contributed by atoms with van der Waals surface area (Å²) in [5, 5.41) is 8.33. The molecule has 6 heteroatoms. The highest BCUT2D eigenvalue weighted by Gasteiger charge is 2.06. The molecular weight excluding hydrogens is 391 g/mol. The summed E-state index contributed by atoms with van der Waals surface area (Å²) in [4.78, 5) is 2.18. The fraction of sp³-hybridized carbons (Fsp3) is 0. The summed E-state index contributed by atoms with van der Waals surface area (Å²) in [6.45, 7) is 0. The van der Waals surface area contributed by atoms with Gasteiger partial charge in [0.25, 0.3) is 0 Å². The molecule has 0 aliphatic carbocycles. The predicted octanol–water partition coefficient (Wildman–Crippen LogP) is 6.95. The van der Waals surface area contributed by atoms with Crippen LogP contribution < -0.4 is 10.6 Å². The predicted molar refractivity (Wildman–Crippen MR) is 113 cm³/mol. The number of halogens is 2. The molecule has 2 nitrogen and oxygen atoms in total. The van der Waals surface area contributed by atoms with Crippen molar-refractivity contribution in [3.05, 3.63) is 82.8 Å². The third-order valence-electron chi connectivity index (χ3n) is 3.28. The highest BCUT2D eigenvalue weighted by Crippen LogP contribution is 2.34. The van der Waals surface area contributed by atoms with Crippen LogP contribution in [0.5, 0.6) is 0 Å². The Morgan fingerprint density at radius 3 is 2.04 bits per heavy atom. The van der Waals surface area contributed by atoms with Crippen LogP contribution >= 0.6 is 47.2 Å². The minimum Gasteiger partial charge on any atom is -0.332 e. The molecule has 0 bridgehead atoms. The lowest BCUT2D eigenvalue weighted by Gasteiger charge is -2.14. The van der Waals surface area contributed by atoms with Crippen molar-refractivity contribution in [2.24, 2.45) is 0 Å². The molecule has 0 heterocycles. The van der Waals surface area contributed by atoms with Gasteiger partial charge in [-0.15, -0.1) is 0 Å². The summed E-state index contributed by atoms with van der Waals surface area (Å²) < 4.78 is 0. The Labute approximate surface area is 166 Å². The van der Waals surface area contributed by atoms with Gasteiger partial charge >= 0.3 is 0 Å². The van der Waals surface area contributed by atoms with E-state index in [1.807, 2.05) is 72.8 Å². The molecule has 0 aliphatic rings. The van der Waals surface area contributed by atoms with Gasteiger partial charge in [-0.3, -0.25) is 0 Å². The third kappa shape index (κ3) is 5.38. The van der Waals surface area contributed by atoms with Crippen molar-refractivity contribution in [1.29, 1.82) is 0 Å². The molecule has 3 aromatic rings. The van der Waals surface area contributed by atoms with E-state index < -0.39 is 0 Å². The topological polar surface area (TPSA) is 24.1 Å². The average Bonchev–Trinajstić information content (AvgIpc) is 2.61. The lowest BCUT2D eigenvalue weighted by Crippen LogP contribution is -2.19. The summed E-state index contributed by atoms with van der Waals surface area (Å²) in [5.74, 6) is 0. The Balaban J connectivity index is 1.70. The van der Waals surface area contributed by atoms with Crippen LogP contribution in [0.3, 0.4) is 0 Å². The monoisotopic (exact) mass is 404 g/mol. The fourth-order valence-electron chi connectivity index (χ4n) is 2.11. The van der Waals surface area contributed by atoms with E-state index in [4.69, 9.17) is 35.4 Å². The number of thiocarbonyl (C=S) groups is 1. The zero-order valence-corrected chi connectivity index (χ0v) is 16.1. The van der Waals surface area contributed by atoms with E-state index in [0.29, 0.717) is 10.1 Å². The highest BCUT2D eigenvalue weighted by atomic mass is 35.5. The van der Waals surface area contributed by atoms with Crippen LogP contribution in [0.1, 0.15) is 0 Å². The summed E-state index contributed by atoms with van der Waals surface area (Å²) in [6, 6.07) is 23.2. The maximum absolute atomic E-state index is 5.95. The minimum absolute atomic E-state index is 0.520. The molecular formula is C19H14Cl2N2S2. The number of anilines is 2. The standard InChI is InChI=1S/C19H14Cl2N2S2/c20-13-5-9-15(10-6-13)22-19(24)23-17-3-1-2-4-18(17)25-16-11-7-14(21)8-12-16/h1-12H,(H2,22,23,24). The number of rotatable bonds is 4. The molecule has 0 atom stereocenters. The van der Waals surface area contributed by atoms with Gasteiger partial charge in [0.1, 0.15) is 0 Å². The Kier molecular flexibility index (Phi) is 6.21. The Hall–Kier alpha value is -1.72. The Bertz CT molecular complexity index is 865. The lowest BCUT2D eigenvalue weighted by atomic mass is 10.3.